The molecule has 2 aromatic rings. The van der Waals surface area contributed by atoms with Crippen molar-refractivity contribution in [3.63, 3.8) is 0 Å². The zero-order valence-corrected chi connectivity index (χ0v) is 14.8. The number of anilines is 1. The van der Waals surface area contributed by atoms with Crippen molar-refractivity contribution in [2.45, 2.75) is 19.3 Å². The fourth-order valence-electron chi connectivity index (χ4n) is 3.37. The standard InChI is InChI=1S/C20H16ClNO4/c1-2-25-20(24)18-14(12-6-5-7-13(21)10-12)11-17(23)22-15-8-3-4-9-16(15)26-19(18)22/h3-10,14H,2,11H2,1H3/t14-/m1/s1. The van der Waals surface area contributed by atoms with Gasteiger partial charge in [0.05, 0.1) is 12.3 Å². The van der Waals surface area contributed by atoms with Gasteiger partial charge in [-0.15, -0.1) is 0 Å². The highest BCUT2D eigenvalue weighted by atomic mass is 35.5. The average Bonchev–Trinajstić information content (AvgIpc) is 3.01. The van der Waals surface area contributed by atoms with Gasteiger partial charge in [0, 0.05) is 17.4 Å². The van der Waals surface area contributed by atoms with Crippen LogP contribution in [0.3, 0.4) is 0 Å². The Hall–Kier alpha value is -2.79. The third kappa shape index (κ3) is 2.65. The number of carbonyl (C=O) groups is 2. The zero-order valence-electron chi connectivity index (χ0n) is 14.1. The molecule has 0 fully saturated rings. The largest absolute Gasteiger partial charge is 0.462 e. The first kappa shape index (κ1) is 16.7. The topological polar surface area (TPSA) is 55.8 Å². The van der Waals surface area contributed by atoms with Crippen LogP contribution in [-0.4, -0.2) is 18.5 Å². The van der Waals surface area contributed by atoms with Crippen molar-refractivity contribution in [1.29, 1.82) is 0 Å². The molecular formula is C20H16ClNO4. The lowest BCUT2D eigenvalue weighted by molar-refractivity contribution is -0.139. The number of fused-ring (bicyclic) bond motifs is 3. The lowest BCUT2D eigenvalue weighted by Gasteiger charge is -2.30. The lowest BCUT2D eigenvalue weighted by atomic mass is 9.85. The van der Waals surface area contributed by atoms with Gasteiger partial charge in [0.15, 0.2) is 5.75 Å². The Morgan fingerprint density at radius 3 is 2.85 bits per heavy atom. The summed E-state index contributed by atoms with van der Waals surface area (Å²) in [6, 6.07) is 14.4. The fraction of sp³-hybridized carbons (Fsp3) is 0.200. The highest BCUT2D eigenvalue weighted by Gasteiger charge is 2.44. The third-order valence-electron chi connectivity index (χ3n) is 4.47. The first-order valence-electron chi connectivity index (χ1n) is 8.36. The van der Waals surface area contributed by atoms with Crippen LogP contribution in [0.1, 0.15) is 24.8 Å². The maximum atomic E-state index is 12.9. The monoisotopic (exact) mass is 369 g/mol. The molecule has 6 heteroatoms. The van der Waals surface area contributed by atoms with E-state index >= 15 is 0 Å². The number of hydrogen-bond donors (Lipinski definition) is 0. The van der Waals surface area contributed by atoms with E-state index in [1.54, 1.807) is 37.3 Å². The van der Waals surface area contributed by atoms with Crippen LogP contribution in [0.15, 0.2) is 60.0 Å². The molecule has 2 aromatic carbocycles. The summed E-state index contributed by atoms with van der Waals surface area (Å²) in [5, 5.41) is 0.543. The molecule has 2 heterocycles. The molecule has 0 N–H and O–H groups in total. The molecular weight excluding hydrogens is 354 g/mol. The van der Waals surface area contributed by atoms with Gasteiger partial charge in [0.1, 0.15) is 5.57 Å². The van der Waals surface area contributed by atoms with E-state index in [1.165, 1.54) is 4.90 Å². The van der Waals surface area contributed by atoms with Crippen molar-refractivity contribution >= 4 is 29.2 Å². The van der Waals surface area contributed by atoms with E-state index in [2.05, 4.69) is 0 Å². The van der Waals surface area contributed by atoms with Crippen LogP contribution in [0.2, 0.25) is 5.02 Å². The molecule has 1 atom stereocenters. The summed E-state index contributed by atoms with van der Waals surface area (Å²) in [6.45, 7) is 1.98. The minimum atomic E-state index is -0.488. The third-order valence-corrected chi connectivity index (χ3v) is 4.70. The van der Waals surface area contributed by atoms with Crippen molar-refractivity contribution in [2.75, 3.05) is 11.5 Å². The summed E-state index contributed by atoms with van der Waals surface area (Å²) in [5.41, 5.74) is 1.75. The minimum Gasteiger partial charge on any atom is -0.462 e. The zero-order chi connectivity index (χ0) is 18.3. The van der Waals surface area contributed by atoms with Crippen molar-refractivity contribution in [2.24, 2.45) is 0 Å². The van der Waals surface area contributed by atoms with E-state index < -0.39 is 11.9 Å². The number of carbonyl (C=O) groups excluding carboxylic acids is 2. The lowest BCUT2D eigenvalue weighted by Crippen LogP contribution is -2.38. The normalized spacial score (nSPS) is 18.3. The Labute approximate surface area is 155 Å². The molecule has 2 aliphatic heterocycles. The first-order chi connectivity index (χ1) is 12.6. The second-order valence-electron chi connectivity index (χ2n) is 6.05. The number of nitrogens with zero attached hydrogens (tertiary/aromatic N) is 1. The van der Waals surface area contributed by atoms with Crippen LogP contribution in [-0.2, 0) is 14.3 Å². The highest BCUT2D eigenvalue weighted by Crippen LogP contribution is 2.47. The maximum Gasteiger partial charge on any atom is 0.340 e. The molecule has 0 bridgehead atoms. The number of esters is 1. The Balaban J connectivity index is 1.89. The number of amides is 1. The number of ether oxygens (including phenoxy) is 2. The fourth-order valence-corrected chi connectivity index (χ4v) is 3.57. The summed E-state index contributed by atoms with van der Waals surface area (Å²) < 4.78 is 11.2. The second kappa shape index (κ2) is 6.50. The molecule has 4 rings (SSSR count). The molecule has 132 valence electrons. The number of para-hydroxylation sites is 2. The van der Waals surface area contributed by atoms with Gasteiger partial charge < -0.3 is 9.47 Å². The van der Waals surface area contributed by atoms with Gasteiger partial charge in [-0.1, -0.05) is 35.9 Å². The van der Waals surface area contributed by atoms with Crippen molar-refractivity contribution < 1.29 is 19.1 Å². The molecule has 2 aliphatic rings. The molecule has 0 saturated heterocycles. The molecule has 0 aliphatic carbocycles. The Bertz CT molecular complexity index is 937. The molecule has 0 spiro atoms. The van der Waals surface area contributed by atoms with E-state index in [1.807, 2.05) is 18.2 Å². The Kier molecular flexibility index (Phi) is 4.17. The van der Waals surface area contributed by atoms with Crippen LogP contribution in [0.4, 0.5) is 5.69 Å². The average molecular weight is 370 g/mol. The van der Waals surface area contributed by atoms with Crippen LogP contribution in [0, 0.1) is 0 Å². The molecule has 26 heavy (non-hydrogen) atoms. The summed E-state index contributed by atoms with van der Waals surface area (Å²) in [7, 11) is 0. The molecule has 1 amide bonds. The van der Waals surface area contributed by atoms with Crippen LogP contribution < -0.4 is 9.64 Å². The Morgan fingerprint density at radius 1 is 1.27 bits per heavy atom. The van der Waals surface area contributed by atoms with E-state index in [0.29, 0.717) is 22.0 Å². The predicted molar refractivity (Wildman–Crippen MR) is 97.0 cm³/mol. The van der Waals surface area contributed by atoms with Gasteiger partial charge in [-0.3, -0.25) is 4.79 Å². The summed E-state index contributed by atoms with van der Waals surface area (Å²) in [6.07, 6.45) is 0.135. The SMILES string of the molecule is CCOC(=O)C1=C2Oc3ccccc3N2C(=O)C[C@@H]1c1cccc(Cl)c1. The summed E-state index contributed by atoms with van der Waals surface area (Å²) >= 11 is 6.11. The molecule has 0 saturated carbocycles. The van der Waals surface area contributed by atoms with E-state index in [9.17, 15) is 9.59 Å². The van der Waals surface area contributed by atoms with Crippen molar-refractivity contribution in [3.8, 4) is 5.75 Å². The number of hydrogen-bond acceptors (Lipinski definition) is 4. The summed E-state index contributed by atoms with van der Waals surface area (Å²) in [5.74, 6) is -0.322. The van der Waals surface area contributed by atoms with Gasteiger partial charge in [0.25, 0.3) is 0 Å². The van der Waals surface area contributed by atoms with Crippen molar-refractivity contribution in [1.82, 2.24) is 0 Å². The molecule has 0 unspecified atom stereocenters. The molecule has 0 aromatic heterocycles. The first-order valence-corrected chi connectivity index (χ1v) is 8.74. The Morgan fingerprint density at radius 2 is 2.08 bits per heavy atom. The minimum absolute atomic E-state index is 0.135. The van der Waals surface area contributed by atoms with Crippen LogP contribution in [0.25, 0.3) is 0 Å². The van der Waals surface area contributed by atoms with E-state index in [4.69, 9.17) is 21.1 Å². The quantitative estimate of drug-likeness (QED) is 0.766. The molecule has 5 nitrogen and oxygen atoms in total. The van der Waals surface area contributed by atoms with Gasteiger partial charge in [-0.05, 0) is 36.8 Å². The van der Waals surface area contributed by atoms with Gasteiger partial charge in [-0.25, -0.2) is 9.69 Å². The predicted octanol–water partition coefficient (Wildman–Crippen LogP) is 4.03. The van der Waals surface area contributed by atoms with Crippen molar-refractivity contribution in [3.05, 3.63) is 70.6 Å². The van der Waals surface area contributed by atoms with Gasteiger partial charge in [-0.2, -0.15) is 0 Å². The van der Waals surface area contributed by atoms with Gasteiger partial charge in [0.2, 0.25) is 11.8 Å². The van der Waals surface area contributed by atoms with Crippen LogP contribution in [0.5, 0.6) is 5.75 Å². The van der Waals surface area contributed by atoms with Crippen LogP contribution >= 0.6 is 11.6 Å². The second-order valence-corrected chi connectivity index (χ2v) is 6.49. The highest BCUT2D eigenvalue weighted by molar-refractivity contribution is 6.30. The summed E-state index contributed by atoms with van der Waals surface area (Å²) in [4.78, 5) is 27.1. The number of rotatable bonds is 3. The van der Waals surface area contributed by atoms with Gasteiger partial charge >= 0.3 is 5.97 Å². The number of benzene rings is 2. The maximum absolute atomic E-state index is 12.9. The smallest absolute Gasteiger partial charge is 0.340 e. The number of halogens is 1. The van der Waals surface area contributed by atoms with E-state index in [-0.39, 0.29) is 24.8 Å². The molecule has 0 radical (unpaired) electrons. The van der Waals surface area contributed by atoms with E-state index in [0.717, 1.165) is 5.56 Å².